The first-order valence-electron chi connectivity index (χ1n) is 14.9. The molecule has 0 amide bonds. The van der Waals surface area contributed by atoms with Crippen molar-refractivity contribution >= 4 is 11.5 Å². The van der Waals surface area contributed by atoms with Crippen LogP contribution in [0.25, 0.3) is 0 Å². The zero-order valence-corrected chi connectivity index (χ0v) is 28.4. The minimum Gasteiger partial charge on any atom is -0.316 e. The normalized spacial score (nSPS) is 14.8. The molecule has 3 nitrogen and oxygen atoms in total. The van der Waals surface area contributed by atoms with E-state index in [-0.39, 0.29) is 11.4 Å². The molecule has 0 aliphatic carbocycles. The molecule has 0 spiro atoms. The molecule has 1 aliphatic heterocycles. The lowest BCUT2D eigenvalue weighted by molar-refractivity contribution is -0.112. The van der Waals surface area contributed by atoms with E-state index in [4.69, 9.17) is 0 Å². The number of rotatable bonds is 7. The van der Waals surface area contributed by atoms with Gasteiger partial charge in [0, 0.05) is 11.9 Å². The number of nitrogens with one attached hydrogen (secondary N) is 1. The summed E-state index contributed by atoms with van der Waals surface area (Å²) in [6.07, 6.45) is 5.79. The second-order valence-corrected chi connectivity index (χ2v) is 10.2. The smallest absolute Gasteiger partial charge is 0.316 e. The van der Waals surface area contributed by atoms with E-state index in [1.165, 1.54) is 56.1 Å². The maximum absolute atomic E-state index is 12.2. The molecule has 1 fully saturated rings. The molecule has 0 radical (unpaired) electrons. The Hall–Kier alpha value is -3.25. The maximum Gasteiger partial charge on any atom is 0.416 e. The third kappa shape index (κ3) is 26.1. The monoisotopic (exact) mass is 602 g/mol. The van der Waals surface area contributed by atoms with Crippen LogP contribution < -0.4 is 5.32 Å². The summed E-state index contributed by atoms with van der Waals surface area (Å²) in [6, 6.07) is 8.48. The number of carbonyl (C=O) groups is 1. The van der Waals surface area contributed by atoms with Gasteiger partial charge in [-0.25, -0.2) is 0 Å². The van der Waals surface area contributed by atoms with Crippen molar-refractivity contribution in [3.8, 4) is 0 Å². The Morgan fingerprint density at radius 2 is 1.51 bits per heavy atom. The van der Waals surface area contributed by atoms with Gasteiger partial charge in [-0.05, 0) is 109 Å². The van der Waals surface area contributed by atoms with Crippen LogP contribution in [0, 0.1) is 19.8 Å². The zero-order valence-electron chi connectivity index (χ0n) is 28.4. The number of nitrogens with zero attached hydrogens (tertiary/aromatic N) is 1. The van der Waals surface area contributed by atoms with E-state index in [9.17, 15) is 18.0 Å². The fourth-order valence-electron chi connectivity index (χ4n) is 3.24. The highest BCUT2D eigenvalue weighted by atomic mass is 19.4. The molecule has 1 saturated heterocycles. The molecule has 1 aromatic rings. The first-order valence-corrected chi connectivity index (χ1v) is 14.9. The summed E-state index contributed by atoms with van der Waals surface area (Å²) in [5.41, 5.74) is 4.89. The number of ketones is 1. The number of hydrogen-bond donors (Lipinski definition) is 1. The summed E-state index contributed by atoms with van der Waals surface area (Å²) in [5, 5.41) is 3.33. The summed E-state index contributed by atoms with van der Waals surface area (Å²) >= 11 is 0. The third-order valence-corrected chi connectivity index (χ3v) is 5.70. The minimum absolute atomic E-state index is 0.0225. The van der Waals surface area contributed by atoms with Crippen molar-refractivity contribution in [1.82, 2.24) is 5.32 Å². The van der Waals surface area contributed by atoms with Crippen molar-refractivity contribution in [2.24, 2.45) is 10.9 Å². The molecule has 1 aliphatic rings. The van der Waals surface area contributed by atoms with Crippen molar-refractivity contribution in [3.63, 3.8) is 0 Å². The molecule has 0 aromatic heterocycles. The molecule has 242 valence electrons. The molecule has 43 heavy (non-hydrogen) atoms. The molecular formula is C37H57F3N2O. The fraction of sp³-hybridized carbons (Fsp3) is 0.459. The van der Waals surface area contributed by atoms with Crippen LogP contribution in [0.5, 0.6) is 0 Å². The zero-order chi connectivity index (χ0) is 34.0. The van der Waals surface area contributed by atoms with Gasteiger partial charge in [0.2, 0.25) is 0 Å². The van der Waals surface area contributed by atoms with Gasteiger partial charge in [0.05, 0.1) is 5.57 Å². The second-order valence-electron chi connectivity index (χ2n) is 10.2. The Morgan fingerprint density at radius 3 is 1.74 bits per heavy atom. The molecule has 1 heterocycles. The van der Waals surface area contributed by atoms with Gasteiger partial charge in [0.15, 0.2) is 5.78 Å². The van der Waals surface area contributed by atoms with Crippen LogP contribution in [0.4, 0.5) is 13.2 Å². The highest BCUT2D eigenvalue weighted by molar-refractivity contribution is 5.88. The Labute approximate surface area is 261 Å². The van der Waals surface area contributed by atoms with E-state index in [1.807, 2.05) is 34.6 Å². The predicted octanol–water partition coefficient (Wildman–Crippen LogP) is 11.0. The molecule has 2 rings (SSSR count). The van der Waals surface area contributed by atoms with Gasteiger partial charge in [-0.2, -0.15) is 13.2 Å². The third-order valence-electron chi connectivity index (χ3n) is 5.70. The number of carbonyl (C=O) groups excluding carboxylic acids is 1. The summed E-state index contributed by atoms with van der Waals surface area (Å²) in [7, 11) is 0. The summed E-state index contributed by atoms with van der Waals surface area (Å²) in [4.78, 5) is 14.9. The van der Waals surface area contributed by atoms with Crippen molar-refractivity contribution in [1.29, 1.82) is 0 Å². The lowest BCUT2D eigenvalue weighted by Crippen LogP contribution is -2.27. The van der Waals surface area contributed by atoms with Crippen LogP contribution in [0.3, 0.4) is 0 Å². The number of aliphatic imine (C=N–C) groups is 1. The molecular weight excluding hydrogens is 545 g/mol. The van der Waals surface area contributed by atoms with Gasteiger partial charge in [0.1, 0.15) is 0 Å². The number of allylic oxidation sites excluding steroid dienone is 8. The molecule has 1 aromatic carbocycles. The first kappa shape index (κ1) is 44.2. The van der Waals surface area contributed by atoms with Gasteiger partial charge < -0.3 is 5.32 Å². The van der Waals surface area contributed by atoms with Gasteiger partial charge in [-0.1, -0.05) is 95.0 Å². The maximum atomic E-state index is 12.2. The predicted molar refractivity (Wildman–Crippen MR) is 184 cm³/mol. The van der Waals surface area contributed by atoms with E-state index in [0.29, 0.717) is 6.42 Å². The quantitative estimate of drug-likeness (QED) is 0.192. The minimum atomic E-state index is -4.32. The Kier molecular flexibility index (Phi) is 27.1. The van der Waals surface area contributed by atoms with Crippen molar-refractivity contribution in [2.75, 3.05) is 13.1 Å². The number of aryl methyl sites for hydroxylation is 2. The number of hydrogen-bond acceptors (Lipinski definition) is 3. The Morgan fingerprint density at radius 1 is 1.00 bits per heavy atom. The van der Waals surface area contributed by atoms with E-state index in [1.54, 1.807) is 19.2 Å². The summed E-state index contributed by atoms with van der Waals surface area (Å²) < 4.78 is 36.5. The average Bonchev–Trinajstić information content (AvgIpc) is 2.94. The van der Waals surface area contributed by atoms with Crippen molar-refractivity contribution in [3.05, 3.63) is 108 Å². The van der Waals surface area contributed by atoms with Crippen LogP contribution in [-0.4, -0.2) is 30.8 Å². The van der Waals surface area contributed by atoms with Crippen molar-refractivity contribution < 1.29 is 18.0 Å². The van der Waals surface area contributed by atoms with Crippen molar-refractivity contribution in [2.45, 2.75) is 94.7 Å². The standard InChI is InChI=1S/C12H17NO.C9H11F3.C8H10.C6H13N.C2H6/c1-9(2)12(7-6-11(5)14)8-13-10(3)4;1-4-7(5-2)8(6-3)9(10,11)12;1-7-3-5-8(2)6-4-7;1-6-3-2-4-7-5-6;1-2/h6-8H,1H2,2-5H3;4,6H,1,3,5H2,2H3;3-6H,1-2H3;6-7H,2-5H2,1H3;1-2H3/b7-6-,12-8-;8-7-;;;. The molecule has 0 bridgehead atoms. The first-order chi connectivity index (χ1) is 20.1. The summed E-state index contributed by atoms with van der Waals surface area (Å²) in [5.74, 6) is 0.947. The van der Waals surface area contributed by atoms with Crippen LogP contribution in [-0.2, 0) is 4.79 Å². The summed E-state index contributed by atoms with van der Waals surface area (Å²) in [6.45, 7) is 32.1. The van der Waals surface area contributed by atoms with E-state index < -0.39 is 11.7 Å². The van der Waals surface area contributed by atoms with Crippen LogP contribution in [0.2, 0.25) is 0 Å². The highest BCUT2D eigenvalue weighted by Gasteiger charge is 2.32. The number of halogens is 3. The lowest BCUT2D eigenvalue weighted by Gasteiger charge is -2.17. The van der Waals surface area contributed by atoms with Crippen LogP contribution in [0.15, 0.2) is 102 Å². The lowest BCUT2D eigenvalue weighted by atomic mass is 10.0. The molecule has 6 heteroatoms. The highest BCUT2D eigenvalue weighted by Crippen LogP contribution is 2.30. The fourth-order valence-corrected chi connectivity index (χ4v) is 3.24. The van der Waals surface area contributed by atoms with E-state index in [0.717, 1.165) is 28.9 Å². The number of piperidine rings is 1. The SMILES string of the molecule is C=C(C)C(/C=C\C(C)=O)=C\N=C(C)C.C=C/C(CC)=C(\C=C)C(F)(F)F.CC.CC1CCCNC1.Cc1ccc(C)cc1. The van der Waals surface area contributed by atoms with E-state index >= 15 is 0 Å². The van der Waals surface area contributed by atoms with Gasteiger partial charge in [-0.15, -0.1) is 0 Å². The topological polar surface area (TPSA) is 41.5 Å². The number of alkyl halides is 3. The Balaban J connectivity index is -0.000000500. The Bertz CT molecular complexity index is 1040. The van der Waals surface area contributed by atoms with Gasteiger partial charge in [-0.3, -0.25) is 9.79 Å². The molecule has 0 saturated carbocycles. The largest absolute Gasteiger partial charge is 0.416 e. The average molecular weight is 603 g/mol. The van der Waals surface area contributed by atoms with Crippen LogP contribution in [0.1, 0.15) is 85.8 Å². The van der Waals surface area contributed by atoms with Gasteiger partial charge in [0.25, 0.3) is 0 Å². The number of benzene rings is 1. The molecule has 1 N–H and O–H groups in total. The van der Waals surface area contributed by atoms with Gasteiger partial charge >= 0.3 is 6.18 Å². The second kappa shape index (κ2) is 26.4. The van der Waals surface area contributed by atoms with Crippen LogP contribution >= 0.6 is 0 Å². The molecule has 1 atom stereocenters. The van der Waals surface area contributed by atoms with E-state index in [2.05, 4.69) is 75.1 Å². The molecule has 1 unspecified atom stereocenters.